The van der Waals surface area contributed by atoms with E-state index in [4.69, 9.17) is 14.7 Å². The molecule has 1 aromatic carbocycles. The van der Waals surface area contributed by atoms with E-state index in [0.717, 1.165) is 5.57 Å². The van der Waals surface area contributed by atoms with Crippen LogP contribution in [0.4, 0.5) is 0 Å². The highest BCUT2D eigenvalue weighted by molar-refractivity contribution is 5.74. The molecule has 3 rings (SSSR count). The Hall–Kier alpha value is -3.07. The highest BCUT2D eigenvalue weighted by Crippen LogP contribution is 2.41. The average Bonchev–Trinajstić information content (AvgIpc) is 2.53. The van der Waals surface area contributed by atoms with Crippen molar-refractivity contribution in [3.05, 3.63) is 57.4 Å². The summed E-state index contributed by atoms with van der Waals surface area (Å²) in [7, 11) is 0. The molecule has 0 unspecified atom stereocenters. The lowest BCUT2D eigenvalue weighted by Gasteiger charge is -2.34. The van der Waals surface area contributed by atoms with Gasteiger partial charge in [-0.1, -0.05) is 0 Å². The molecule has 116 valence electrons. The van der Waals surface area contributed by atoms with Gasteiger partial charge in [-0.3, -0.25) is 4.79 Å². The van der Waals surface area contributed by atoms with Crippen LogP contribution in [0.15, 0.2) is 40.7 Å². The van der Waals surface area contributed by atoms with Crippen LogP contribution in [0.2, 0.25) is 0 Å². The Morgan fingerprint density at radius 1 is 1.30 bits per heavy atom. The number of ether oxygens (including phenoxy) is 2. The number of nitriles is 1. The Morgan fingerprint density at radius 3 is 2.74 bits per heavy atom. The number of hydrogen-bond acceptors (Lipinski definition) is 5. The Kier molecular flexibility index (Phi) is 3.41. The molecule has 0 bridgehead atoms. The molecule has 0 saturated heterocycles. The molecule has 0 fully saturated rings. The van der Waals surface area contributed by atoms with Gasteiger partial charge < -0.3 is 9.47 Å². The van der Waals surface area contributed by atoms with Gasteiger partial charge >= 0.3 is 0 Å². The minimum atomic E-state index is -0.557. The van der Waals surface area contributed by atoms with Crippen LogP contribution in [0.25, 0.3) is 5.76 Å². The molecule has 0 aliphatic carbocycles. The Balaban J connectivity index is 2.13. The lowest BCUT2D eigenvalue weighted by atomic mass is 9.91. The van der Waals surface area contributed by atoms with E-state index in [1.54, 1.807) is 18.2 Å². The average molecular weight is 309 g/mol. The molecule has 6 nitrogen and oxygen atoms in total. The van der Waals surface area contributed by atoms with Crippen molar-refractivity contribution in [1.82, 2.24) is 10.2 Å². The van der Waals surface area contributed by atoms with Crippen LogP contribution in [-0.4, -0.2) is 15.8 Å². The third-order valence-corrected chi connectivity index (χ3v) is 3.82. The van der Waals surface area contributed by atoms with Crippen LogP contribution in [0.5, 0.6) is 11.6 Å². The Bertz CT molecular complexity index is 884. The van der Waals surface area contributed by atoms with Gasteiger partial charge in [0.1, 0.15) is 17.1 Å². The number of rotatable bonds is 2. The molecule has 0 spiro atoms. The smallest absolute Gasteiger partial charge is 0.264 e. The van der Waals surface area contributed by atoms with Crippen molar-refractivity contribution < 1.29 is 9.47 Å². The van der Waals surface area contributed by atoms with Gasteiger partial charge in [0.05, 0.1) is 17.2 Å². The number of nitrogens with zero attached hydrogens (tertiary/aromatic N) is 2. The standard InChI is InChI=1S/C17H15N3O3/c1-10-16(22-15-7-6-14(21)19-20-15)12-8-11(9-18)4-5-13(12)23-17(10,2)3/h4-8H,1-3H3,(H,19,21). The molecular weight excluding hydrogens is 294 g/mol. The zero-order chi connectivity index (χ0) is 16.6. The fraction of sp³-hybridized carbons (Fsp3) is 0.235. The van der Waals surface area contributed by atoms with E-state index in [1.807, 2.05) is 20.8 Å². The number of H-pyrrole nitrogens is 1. The van der Waals surface area contributed by atoms with Gasteiger partial charge in [-0.05, 0) is 39.0 Å². The summed E-state index contributed by atoms with van der Waals surface area (Å²) in [5, 5.41) is 15.3. The second-order valence-electron chi connectivity index (χ2n) is 5.75. The number of hydrogen-bond donors (Lipinski definition) is 1. The van der Waals surface area contributed by atoms with Crippen LogP contribution in [0.3, 0.4) is 0 Å². The van der Waals surface area contributed by atoms with Crippen molar-refractivity contribution in [3.63, 3.8) is 0 Å². The topological polar surface area (TPSA) is 88.0 Å². The van der Waals surface area contributed by atoms with Gasteiger partial charge in [0, 0.05) is 17.7 Å². The maximum atomic E-state index is 11.1. The highest BCUT2D eigenvalue weighted by Gasteiger charge is 2.34. The zero-order valence-electron chi connectivity index (χ0n) is 13.0. The lowest BCUT2D eigenvalue weighted by molar-refractivity contribution is 0.140. The fourth-order valence-electron chi connectivity index (χ4n) is 2.32. The predicted molar refractivity (Wildman–Crippen MR) is 83.9 cm³/mol. The third kappa shape index (κ3) is 2.69. The fourth-order valence-corrected chi connectivity index (χ4v) is 2.32. The molecule has 0 amide bonds. The van der Waals surface area contributed by atoms with E-state index in [2.05, 4.69) is 16.3 Å². The molecule has 6 heteroatoms. The number of fused-ring (bicyclic) bond motifs is 1. The molecular formula is C17H15N3O3. The molecule has 0 radical (unpaired) electrons. The first-order valence-corrected chi connectivity index (χ1v) is 7.09. The van der Waals surface area contributed by atoms with Crippen molar-refractivity contribution in [2.24, 2.45) is 0 Å². The zero-order valence-corrected chi connectivity index (χ0v) is 13.0. The summed E-state index contributed by atoms with van der Waals surface area (Å²) in [6.07, 6.45) is 0. The van der Waals surface area contributed by atoms with Gasteiger partial charge in [0.25, 0.3) is 5.56 Å². The summed E-state index contributed by atoms with van der Waals surface area (Å²) >= 11 is 0. The molecule has 1 aromatic heterocycles. The number of aromatic amines is 1. The van der Waals surface area contributed by atoms with Crippen LogP contribution < -0.4 is 15.0 Å². The Morgan fingerprint density at radius 2 is 2.09 bits per heavy atom. The van der Waals surface area contributed by atoms with Crippen LogP contribution >= 0.6 is 0 Å². The minimum Gasteiger partial charge on any atom is -0.483 e. The molecule has 1 aliphatic rings. The van der Waals surface area contributed by atoms with Crippen molar-refractivity contribution in [2.45, 2.75) is 26.4 Å². The van der Waals surface area contributed by atoms with Crippen LogP contribution in [-0.2, 0) is 0 Å². The highest BCUT2D eigenvalue weighted by atomic mass is 16.5. The SMILES string of the molecule is CC1=C(Oc2ccc(=O)[nH]n2)c2cc(C#N)ccc2OC1(C)C. The van der Waals surface area contributed by atoms with Gasteiger partial charge in [-0.25, -0.2) is 5.10 Å². The molecule has 0 atom stereocenters. The summed E-state index contributed by atoms with van der Waals surface area (Å²) < 4.78 is 11.9. The lowest BCUT2D eigenvalue weighted by Crippen LogP contribution is -2.34. The summed E-state index contributed by atoms with van der Waals surface area (Å²) in [6, 6.07) is 10.1. The van der Waals surface area contributed by atoms with Gasteiger partial charge in [-0.15, -0.1) is 5.10 Å². The van der Waals surface area contributed by atoms with Crippen molar-refractivity contribution in [1.29, 1.82) is 5.26 Å². The van der Waals surface area contributed by atoms with Gasteiger partial charge in [0.2, 0.25) is 5.88 Å². The molecule has 1 N–H and O–H groups in total. The molecule has 2 aromatic rings. The van der Waals surface area contributed by atoms with Gasteiger partial charge in [-0.2, -0.15) is 5.26 Å². The maximum absolute atomic E-state index is 11.1. The number of aromatic nitrogens is 2. The third-order valence-electron chi connectivity index (χ3n) is 3.82. The first-order valence-electron chi connectivity index (χ1n) is 7.09. The van der Waals surface area contributed by atoms with E-state index >= 15 is 0 Å². The number of benzene rings is 1. The van der Waals surface area contributed by atoms with Crippen molar-refractivity contribution in [3.8, 4) is 17.7 Å². The van der Waals surface area contributed by atoms with Crippen LogP contribution in [0, 0.1) is 11.3 Å². The summed E-state index contributed by atoms with van der Waals surface area (Å²) in [5.74, 6) is 1.48. The minimum absolute atomic E-state index is 0.268. The quantitative estimate of drug-likeness (QED) is 0.921. The number of nitrogens with one attached hydrogen (secondary N) is 1. The van der Waals surface area contributed by atoms with E-state index in [1.165, 1.54) is 12.1 Å². The normalized spacial score (nSPS) is 15.4. The van der Waals surface area contributed by atoms with E-state index in [-0.39, 0.29) is 11.4 Å². The maximum Gasteiger partial charge on any atom is 0.264 e. The van der Waals surface area contributed by atoms with Crippen molar-refractivity contribution >= 4 is 5.76 Å². The summed E-state index contributed by atoms with van der Waals surface area (Å²) in [6.45, 7) is 5.78. The molecule has 23 heavy (non-hydrogen) atoms. The van der Waals surface area contributed by atoms with E-state index < -0.39 is 5.60 Å². The van der Waals surface area contributed by atoms with E-state index in [0.29, 0.717) is 22.6 Å². The predicted octanol–water partition coefficient (Wildman–Crippen LogP) is 2.62. The Labute approximate surface area is 133 Å². The van der Waals surface area contributed by atoms with Gasteiger partial charge in [0.15, 0.2) is 0 Å². The first kappa shape index (κ1) is 14.9. The summed E-state index contributed by atoms with van der Waals surface area (Å²) in [5.41, 5.74) is 1.21. The monoisotopic (exact) mass is 309 g/mol. The molecule has 2 heterocycles. The van der Waals surface area contributed by atoms with E-state index in [9.17, 15) is 4.79 Å². The molecule has 0 saturated carbocycles. The first-order chi connectivity index (χ1) is 10.9. The molecule has 1 aliphatic heterocycles. The second-order valence-corrected chi connectivity index (χ2v) is 5.75. The second kappa shape index (κ2) is 5.29. The largest absolute Gasteiger partial charge is 0.483 e. The van der Waals surface area contributed by atoms with Crippen molar-refractivity contribution in [2.75, 3.05) is 0 Å². The van der Waals surface area contributed by atoms with Crippen LogP contribution in [0.1, 0.15) is 31.9 Å². The summed E-state index contributed by atoms with van der Waals surface area (Å²) in [4.78, 5) is 11.1.